The lowest BCUT2D eigenvalue weighted by Gasteiger charge is -2.12. The van der Waals surface area contributed by atoms with Crippen molar-refractivity contribution in [3.8, 4) is 34.0 Å². The first-order valence-electron chi connectivity index (χ1n) is 10.1. The summed E-state index contributed by atoms with van der Waals surface area (Å²) in [5.41, 5.74) is -0.0425. The zero-order valence-corrected chi connectivity index (χ0v) is 21.0. The fraction of sp³-hybridized carbons (Fsp3) is 0.190. The van der Waals surface area contributed by atoms with Crippen LogP contribution in [0.4, 0.5) is 5.69 Å². The molecule has 0 aliphatic rings. The number of rotatable bonds is 8. The lowest BCUT2D eigenvalue weighted by atomic mass is 10.1. The third kappa shape index (κ3) is 4.59. The lowest BCUT2D eigenvalue weighted by molar-refractivity contribution is 0.374. The normalized spacial score (nSPS) is 11.5. The van der Waals surface area contributed by atoms with Gasteiger partial charge in [-0.2, -0.15) is 9.64 Å². The Balaban J connectivity index is 1.70. The van der Waals surface area contributed by atoms with Crippen molar-refractivity contribution in [1.82, 2.24) is 23.5 Å². The van der Waals surface area contributed by atoms with Crippen molar-refractivity contribution < 1.29 is 22.6 Å². The molecule has 0 saturated heterocycles. The largest absolute Gasteiger partial charge is 0.496 e. The van der Waals surface area contributed by atoms with Crippen molar-refractivity contribution >= 4 is 39.0 Å². The number of methoxy groups -OCH3 is 3. The molecule has 0 unspecified atom stereocenters. The van der Waals surface area contributed by atoms with Gasteiger partial charge in [-0.25, -0.2) is 22.9 Å². The Morgan fingerprint density at radius 3 is 2.42 bits per heavy atom. The van der Waals surface area contributed by atoms with E-state index in [1.165, 1.54) is 39.8 Å². The van der Waals surface area contributed by atoms with Crippen LogP contribution in [0, 0.1) is 18.4 Å². The number of fused-ring (bicyclic) bond motifs is 1. The molecule has 1 N–H and O–H groups in total. The molecule has 0 atom stereocenters. The highest BCUT2D eigenvalue weighted by atomic mass is 32.2. The number of nitrogens with one attached hydrogen (secondary N) is 1. The Bertz CT molecular complexity index is 1670. The summed E-state index contributed by atoms with van der Waals surface area (Å²) in [6.07, 6.45) is 5.57. The molecular formula is C21H19N7O6S2. The van der Waals surface area contributed by atoms with E-state index in [0.29, 0.717) is 33.6 Å². The first-order chi connectivity index (χ1) is 17.2. The molecule has 0 aliphatic carbocycles. The lowest BCUT2D eigenvalue weighted by Crippen LogP contribution is -2.16. The van der Waals surface area contributed by atoms with E-state index in [1.807, 2.05) is 0 Å². The van der Waals surface area contributed by atoms with Gasteiger partial charge < -0.3 is 14.2 Å². The molecule has 0 saturated carbocycles. The maximum absolute atomic E-state index is 12.8. The van der Waals surface area contributed by atoms with E-state index in [1.54, 1.807) is 25.2 Å². The number of benzene rings is 1. The van der Waals surface area contributed by atoms with E-state index in [2.05, 4.69) is 19.1 Å². The van der Waals surface area contributed by atoms with Gasteiger partial charge >= 0.3 is 0 Å². The molecule has 0 radical (unpaired) electrons. The standard InChI is InChI=1S/C21H19N7O6S2/c1-12-24-20(35-25-12)18-19-23-9-13(10-27(19)28(11-22)21(18)29)26-36(30,31)6-5-15-16(33-3)7-14(32-2)8-17(15)34-4/h5-10,26H,1-4H3. The Labute approximate surface area is 209 Å². The Morgan fingerprint density at radius 1 is 1.17 bits per heavy atom. The SMILES string of the molecule is COc1cc(OC)c(C=CS(=O)(=O)Nc2cnc3c(-c4nc(C)ns4)c(=O)n(C#N)n3c2)c(OC)c1. The second kappa shape index (κ2) is 9.68. The molecule has 0 fully saturated rings. The van der Waals surface area contributed by atoms with Gasteiger partial charge in [-0.05, 0) is 24.5 Å². The molecule has 0 spiro atoms. The fourth-order valence-corrected chi connectivity index (χ4v) is 4.85. The molecular weight excluding hydrogens is 510 g/mol. The molecule has 186 valence electrons. The summed E-state index contributed by atoms with van der Waals surface area (Å²) in [5.74, 6) is 1.62. The summed E-state index contributed by atoms with van der Waals surface area (Å²) in [4.78, 5) is 21.2. The summed E-state index contributed by atoms with van der Waals surface area (Å²) in [5, 5.41) is 10.7. The highest BCUT2D eigenvalue weighted by Gasteiger charge is 2.21. The topological polar surface area (TPSA) is 163 Å². The molecule has 3 aromatic heterocycles. The fourth-order valence-electron chi connectivity index (χ4n) is 3.33. The molecule has 0 amide bonds. The van der Waals surface area contributed by atoms with Gasteiger partial charge in [0.25, 0.3) is 15.6 Å². The second-order valence-electron chi connectivity index (χ2n) is 7.14. The number of sulfonamides is 1. The van der Waals surface area contributed by atoms with E-state index in [9.17, 15) is 18.5 Å². The molecule has 4 rings (SSSR count). The Hall–Kier alpha value is -4.42. The zero-order chi connectivity index (χ0) is 26.0. The zero-order valence-electron chi connectivity index (χ0n) is 19.4. The second-order valence-corrected chi connectivity index (χ2v) is 9.46. The van der Waals surface area contributed by atoms with Crippen molar-refractivity contribution in [2.45, 2.75) is 6.92 Å². The van der Waals surface area contributed by atoms with Gasteiger partial charge in [0.1, 0.15) is 28.6 Å². The van der Waals surface area contributed by atoms with Crippen molar-refractivity contribution in [3.63, 3.8) is 0 Å². The maximum atomic E-state index is 12.8. The average Bonchev–Trinajstić information content (AvgIpc) is 3.40. The van der Waals surface area contributed by atoms with Crippen LogP contribution in [0.3, 0.4) is 0 Å². The Morgan fingerprint density at radius 2 is 1.86 bits per heavy atom. The van der Waals surface area contributed by atoms with Gasteiger partial charge in [0, 0.05) is 12.1 Å². The van der Waals surface area contributed by atoms with Crippen molar-refractivity contribution in [3.05, 3.63) is 51.7 Å². The summed E-state index contributed by atoms with van der Waals surface area (Å²) >= 11 is 0.996. The molecule has 0 bridgehead atoms. The van der Waals surface area contributed by atoms with Crippen LogP contribution >= 0.6 is 11.5 Å². The van der Waals surface area contributed by atoms with Gasteiger partial charge in [-0.3, -0.25) is 9.52 Å². The highest BCUT2D eigenvalue weighted by molar-refractivity contribution is 7.95. The summed E-state index contributed by atoms with van der Waals surface area (Å²) in [7, 11) is 0.294. The number of ether oxygens (including phenoxy) is 3. The van der Waals surface area contributed by atoms with Crippen molar-refractivity contribution in [2.24, 2.45) is 0 Å². The van der Waals surface area contributed by atoms with Crippen LogP contribution in [-0.2, 0) is 10.0 Å². The first kappa shape index (κ1) is 24.7. The third-order valence-electron chi connectivity index (χ3n) is 4.91. The van der Waals surface area contributed by atoms with Crippen molar-refractivity contribution in [2.75, 3.05) is 26.1 Å². The molecule has 4 aromatic rings. The van der Waals surface area contributed by atoms with Gasteiger partial charge in [-0.1, -0.05) is 0 Å². The minimum Gasteiger partial charge on any atom is -0.496 e. The quantitative estimate of drug-likeness (QED) is 0.357. The first-order valence-corrected chi connectivity index (χ1v) is 12.4. The minimum absolute atomic E-state index is 0.0137. The predicted molar refractivity (Wildman–Crippen MR) is 132 cm³/mol. The smallest absolute Gasteiger partial charge is 0.293 e. The van der Waals surface area contributed by atoms with Gasteiger partial charge in [0.05, 0.1) is 50.4 Å². The van der Waals surface area contributed by atoms with Crippen LogP contribution in [0.25, 0.3) is 22.3 Å². The van der Waals surface area contributed by atoms with Crippen LogP contribution in [0.5, 0.6) is 17.2 Å². The van der Waals surface area contributed by atoms with E-state index < -0.39 is 15.6 Å². The van der Waals surface area contributed by atoms with Crippen LogP contribution < -0.4 is 24.5 Å². The third-order valence-corrected chi connectivity index (χ3v) is 6.75. The van der Waals surface area contributed by atoms with Gasteiger partial charge in [0.15, 0.2) is 10.7 Å². The number of hydrogen-bond donors (Lipinski definition) is 1. The van der Waals surface area contributed by atoms with Crippen LogP contribution in [0.1, 0.15) is 11.4 Å². The summed E-state index contributed by atoms with van der Waals surface area (Å²) < 4.78 is 49.7. The number of nitriles is 1. The molecule has 0 aliphatic heterocycles. The van der Waals surface area contributed by atoms with Gasteiger partial charge in [0.2, 0.25) is 6.19 Å². The highest BCUT2D eigenvalue weighted by Crippen LogP contribution is 2.35. The monoisotopic (exact) mass is 529 g/mol. The van der Waals surface area contributed by atoms with Gasteiger partial charge in [-0.15, -0.1) is 4.68 Å². The van der Waals surface area contributed by atoms with E-state index >= 15 is 0 Å². The molecule has 3 heterocycles. The minimum atomic E-state index is -4.06. The van der Waals surface area contributed by atoms with E-state index in [4.69, 9.17) is 14.2 Å². The van der Waals surface area contributed by atoms with Crippen LogP contribution in [-0.4, -0.2) is 53.3 Å². The molecule has 13 nitrogen and oxygen atoms in total. The molecule has 15 heteroatoms. The number of aryl methyl sites for hydroxylation is 1. The average molecular weight is 530 g/mol. The summed E-state index contributed by atoms with van der Waals surface area (Å²) in [6.45, 7) is 1.67. The van der Waals surface area contributed by atoms with E-state index in [-0.39, 0.29) is 16.9 Å². The van der Waals surface area contributed by atoms with Crippen LogP contribution in [0.15, 0.2) is 34.7 Å². The molecule has 1 aromatic carbocycles. The summed E-state index contributed by atoms with van der Waals surface area (Å²) in [6, 6.07) is 3.18. The Kier molecular flexibility index (Phi) is 6.64. The number of anilines is 1. The van der Waals surface area contributed by atoms with Crippen LogP contribution in [0.2, 0.25) is 0 Å². The predicted octanol–water partition coefficient (Wildman–Crippen LogP) is 2.09. The maximum Gasteiger partial charge on any atom is 0.293 e. The van der Waals surface area contributed by atoms with E-state index in [0.717, 1.165) is 26.1 Å². The number of nitrogens with zero attached hydrogens (tertiary/aromatic N) is 6. The number of hydrogen-bond acceptors (Lipinski definition) is 11. The van der Waals surface area contributed by atoms with Crippen molar-refractivity contribution in [1.29, 1.82) is 5.26 Å². The number of aromatic nitrogens is 5. The molecule has 36 heavy (non-hydrogen) atoms.